The Hall–Kier alpha value is -4.95. The van der Waals surface area contributed by atoms with E-state index in [1.165, 1.54) is 54.6 Å². The summed E-state index contributed by atoms with van der Waals surface area (Å²) >= 11 is 6.05. The van der Waals surface area contributed by atoms with Gasteiger partial charge in [0.25, 0.3) is 15.9 Å². The average Bonchev–Trinajstić information content (AvgIpc) is 3.34. The molecule has 0 saturated heterocycles. The molecule has 1 aromatic heterocycles. The third kappa shape index (κ3) is 7.14. The first kappa shape index (κ1) is 34.4. The average molecular weight is 702 g/mol. The summed E-state index contributed by atoms with van der Waals surface area (Å²) < 4.78 is 87.5. The number of hydrogen-bond acceptors (Lipinski definition) is 6. The van der Waals surface area contributed by atoms with Crippen molar-refractivity contribution in [2.24, 2.45) is 0 Å². The first-order valence-corrected chi connectivity index (χ1v) is 16.4. The van der Waals surface area contributed by atoms with E-state index in [0.29, 0.717) is 17.5 Å². The van der Waals surface area contributed by atoms with Crippen LogP contribution in [-0.4, -0.2) is 28.7 Å². The Bertz CT molecular complexity index is 2180. The number of unbranched alkanes of at least 4 members (excludes halogenated alkanes) is 1. The first-order valence-electron chi connectivity index (χ1n) is 14.6. The van der Waals surface area contributed by atoms with E-state index in [2.05, 4.69) is 5.10 Å². The fraction of sp³-hybridized carbons (Fsp3) is 0.182. The maximum absolute atomic E-state index is 15.7. The Morgan fingerprint density at radius 2 is 1.71 bits per heavy atom. The predicted octanol–water partition coefficient (Wildman–Crippen LogP) is 6.60. The molecule has 5 rings (SSSR count). The number of halogens is 5. The van der Waals surface area contributed by atoms with Gasteiger partial charge in [-0.05, 0) is 54.4 Å². The smallest absolute Gasteiger partial charge is 0.399 e. The van der Waals surface area contributed by atoms with Gasteiger partial charge >= 0.3 is 11.9 Å². The first-order chi connectivity index (χ1) is 22.7. The van der Waals surface area contributed by atoms with E-state index in [-0.39, 0.29) is 56.6 Å². The number of nitrogen functional groups attached to an aromatic ring is 1. The van der Waals surface area contributed by atoms with Crippen molar-refractivity contribution in [2.45, 2.75) is 43.8 Å². The number of benzene rings is 4. The molecule has 9 nitrogen and oxygen atoms in total. The second-order valence-electron chi connectivity index (χ2n) is 10.8. The summed E-state index contributed by atoms with van der Waals surface area (Å²) in [5, 5.41) is 4.24. The van der Waals surface area contributed by atoms with E-state index in [1.54, 1.807) is 6.07 Å². The summed E-state index contributed by atoms with van der Waals surface area (Å²) in [4.78, 5) is 26.0. The molecule has 0 spiro atoms. The Kier molecular flexibility index (Phi) is 9.78. The Morgan fingerprint density at radius 1 is 1.00 bits per heavy atom. The van der Waals surface area contributed by atoms with E-state index < -0.39 is 44.9 Å². The number of nitrogens with one attached hydrogen (secondary N) is 1. The summed E-state index contributed by atoms with van der Waals surface area (Å²) in [5.41, 5.74) is 3.31. The van der Waals surface area contributed by atoms with Crippen LogP contribution >= 0.6 is 11.6 Å². The van der Waals surface area contributed by atoms with Gasteiger partial charge < -0.3 is 5.73 Å². The molecular weight excluding hydrogens is 674 g/mol. The number of nitrogens with zero attached hydrogens (tertiary/aromatic N) is 3. The van der Waals surface area contributed by atoms with Crippen LogP contribution in [0.4, 0.5) is 23.2 Å². The van der Waals surface area contributed by atoms with E-state index >= 15 is 4.39 Å². The molecule has 3 N–H and O–H groups in total. The van der Waals surface area contributed by atoms with Gasteiger partial charge in [-0.15, -0.1) is 5.10 Å². The van der Waals surface area contributed by atoms with E-state index in [9.17, 15) is 31.2 Å². The monoisotopic (exact) mass is 701 g/mol. The van der Waals surface area contributed by atoms with Crippen molar-refractivity contribution in [1.82, 2.24) is 19.1 Å². The van der Waals surface area contributed by atoms with Crippen LogP contribution in [0.5, 0.6) is 0 Å². The standard InChI is InChI=1S/C33H28ClF4N5O4S/c1-2-3-12-30-40-43(28-18-22(39)15-16-25(28)33(36,37)38)32(45)42(30)19-21-14-13-20(17-27(21)35)23-8-5-7-11-29(23)48(46,47)41-31(44)24-9-4-6-10-26(24)34/h4-11,13-18H,2-3,12,19,39H2,1H3,(H,41,44). The fourth-order valence-corrected chi connectivity index (χ4v) is 6.49. The molecule has 48 heavy (non-hydrogen) atoms. The normalized spacial score (nSPS) is 11.9. The minimum absolute atomic E-state index is 0.00544. The molecule has 0 radical (unpaired) electrons. The molecular formula is C33H28ClF4N5O4S. The van der Waals surface area contributed by atoms with Crippen LogP contribution in [0.25, 0.3) is 16.8 Å². The lowest BCUT2D eigenvalue weighted by Crippen LogP contribution is -2.31. The van der Waals surface area contributed by atoms with Crippen molar-refractivity contribution in [3.05, 3.63) is 129 Å². The summed E-state index contributed by atoms with van der Waals surface area (Å²) in [6.07, 6.45) is -3.33. The highest BCUT2D eigenvalue weighted by atomic mass is 35.5. The quantitative estimate of drug-likeness (QED) is 0.125. The van der Waals surface area contributed by atoms with Gasteiger partial charge in [-0.3, -0.25) is 9.36 Å². The lowest BCUT2D eigenvalue weighted by atomic mass is 10.0. The highest BCUT2D eigenvalue weighted by molar-refractivity contribution is 7.90. The third-order valence-corrected chi connectivity index (χ3v) is 9.18. The number of sulfonamides is 1. The summed E-state index contributed by atoms with van der Waals surface area (Å²) in [6, 6.07) is 18.2. The molecule has 0 bridgehead atoms. The number of rotatable bonds is 10. The largest absolute Gasteiger partial charge is 0.418 e. The number of alkyl halides is 3. The van der Waals surface area contributed by atoms with Crippen LogP contribution in [0.3, 0.4) is 0 Å². The number of hydrogen-bond donors (Lipinski definition) is 2. The van der Waals surface area contributed by atoms with Crippen molar-refractivity contribution in [2.75, 3.05) is 5.73 Å². The number of aromatic nitrogens is 3. The van der Waals surface area contributed by atoms with Gasteiger partial charge in [0.2, 0.25) is 0 Å². The van der Waals surface area contributed by atoms with Gasteiger partial charge in [0.1, 0.15) is 11.6 Å². The van der Waals surface area contributed by atoms with Crippen molar-refractivity contribution in [3.8, 4) is 16.8 Å². The Morgan fingerprint density at radius 3 is 2.40 bits per heavy atom. The van der Waals surface area contributed by atoms with Gasteiger partial charge in [-0.1, -0.05) is 67.4 Å². The zero-order valence-corrected chi connectivity index (χ0v) is 26.8. The van der Waals surface area contributed by atoms with Crippen molar-refractivity contribution in [1.29, 1.82) is 0 Å². The number of carbonyl (C=O) groups excluding carboxylic acids is 1. The minimum Gasteiger partial charge on any atom is -0.399 e. The summed E-state index contributed by atoms with van der Waals surface area (Å²) in [5.74, 6) is -1.63. The maximum Gasteiger partial charge on any atom is 0.418 e. The highest BCUT2D eigenvalue weighted by Gasteiger charge is 2.35. The maximum atomic E-state index is 15.7. The molecule has 1 heterocycles. The number of nitrogens with two attached hydrogens (primary N) is 1. The molecule has 1 amide bonds. The topological polar surface area (TPSA) is 129 Å². The van der Waals surface area contributed by atoms with Crippen LogP contribution < -0.4 is 16.1 Å². The second kappa shape index (κ2) is 13.6. The Balaban J connectivity index is 1.50. The Labute approximate surface area is 277 Å². The van der Waals surface area contributed by atoms with Crippen LogP contribution in [0, 0.1) is 5.82 Å². The lowest BCUT2D eigenvalue weighted by Gasteiger charge is -2.14. The molecule has 0 aliphatic carbocycles. The van der Waals surface area contributed by atoms with Gasteiger partial charge in [0, 0.05) is 23.2 Å². The predicted molar refractivity (Wildman–Crippen MR) is 173 cm³/mol. The number of aryl methyl sites for hydroxylation is 1. The van der Waals surface area contributed by atoms with E-state index in [4.69, 9.17) is 17.3 Å². The van der Waals surface area contributed by atoms with Crippen LogP contribution in [0.2, 0.25) is 5.02 Å². The molecule has 5 aromatic rings. The van der Waals surface area contributed by atoms with E-state index in [1.807, 2.05) is 11.6 Å². The number of amides is 1. The molecule has 0 atom stereocenters. The molecule has 250 valence electrons. The van der Waals surface area contributed by atoms with Crippen molar-refractivity contribution in [3.63, 3.8) is 0 Å². The van der Waals surface area contributed by atoms with E-state index in [0.717, 1.165) is 28.8 Å². The molecule has 4 aromatic carbocycles. The molecule has 0 aliphatic heterocycles. The second-order valence-corrected chi connectivity index (χ2v) is 12.8. The van der Waals surface area contributed by atoms with Gasteiger partial charge in [-0.25, -0.2) is 22.3 Å². The SMILES string of the molecule is CCCCc1nn(-c2cc(N)ccc2C(F)(F)F)c(=O)n1Cc1ccc(-c2ccccc2S(=O)(=O)NC(=O)c2ccccc2Cl)cc1F. The van der Waals surface area contributed by atoms with Gasteiger partial charge in [0.05, 0.1) is 33.3 Å². The third-order valence-electron chi connectivity index (χ3n) is 7.46. The zero-order chi connectivity index (χ0) is 34.8. The van der Waals surface area contributed by atoms with Crippen molar-refractivity contribution < 1.29 is 30.8 Å². The lowest BCUT2D eigenvalue weighted by molar-refractivity contribution is -0.137. The van der Waals surface area contributed by atoms with Crippen LogP contribution in [0.1, 0.15) is 47.1 Å². The molecule has 0 aliphatic rings. The molecule has 0 saturated carbocycles. The minimum atomic E-state index is -4.81. The number of carbonyl (C=O) groups is 1. The van der Waals surface area contributed by atoms with Gasteiger partial charge in [0.15, 0.2) is 0 Å². The summed E-state index contributed by atoms with van der Waals surface area (Å²) in [6.45, 7) is 1.51. The highest BCUT2D eigenvalue weighted by Crippen LogP contribution is 2.34. The van der Waals surface area contributed by atoms with Crippen LogP contribution in [0.15, 0.2) is 94.6 Å². The molecule has 0 fully saturated rings. The number of anilines is 1. The zero-order valence-electron chi connectivity index (χ0n) is 25.3. The fourth-order valence-electron chi connectivity index (χ4n) is 5.07. The van der Waals surface area contributed by atoms with Crippen LogP contribution in [-0.2, 0) is 29.2 Å². The van der Waals surface area contributed by atoms with Crippen molar-refractivity contribution >= 4 is 33.2 Å². The summed E-state index contributed by atoms with van der Waals surface area (Å²) in [7, 11) is -4.46. The molecule has 0 unspecified atom stereocenters. The van der Waals surface area contributed by atoms with Gasteiger partial charge in [-0.2, -0.15) is 17.9 Å². The molecule has 15 heteroatoms.